The van der Waals surface area contributed by atoms with Crippen LogP contribution in [0.1, 0.15) is 26.7 Å². The standard InChI is InChI=1S/C12H20O2Si/c1-12(2)10(9-11(13)14-12)7-6-8-15(3,4)5/h10H,7,9H2,1-5H3. The highest BCUT2D eigenvalue weighted by Crippen LogP contribution is 2.34. The zero-order chi connectivity index (χ0) is 11.7. The van der Waals surface area contributed by atoms with Crippen molar-refractivity contribution in [3.63, 3.8) is 0 Å². The van der Waals surface area contributed by atoms with Crippen LogP contribution in [0.25, 0.3) is 0 Å². The number of esters is 1. The summed E-state index contributed by atoms with van der Waals surface area (Å²) in [6.45, 7) is 10.6. The van der Waals surface area contributed by atoms with Crippen LogP contribution in [0, 0.1) is 17.4 Å². The highest BCUT2D eigenvalue weighted by Gasteiger charge is 2.40. The number of hydrogen-bond acceptors (Lipinski definition) is 2. The van der Waals surface area contributed by atoms with Crippen LogP contribution in [0.2, 0.25) is 19.6 Å². The molecule has 84 valence electrons. The first kappa shape index (κ1) is 12.3. The Morgan fingerprint density at radius 1 is 1.47 bits per heavy atom. The predicted molar refractivity (Wildman–Crippen MR) is 64.0 cm³/mol. The molecule has 0 amide bonds. The molecule has 2 nitrogen and oxygen atoms in total. The molecule has 1 atom stereocenters. The van der Waals surface area contributed by atoms with Gasteiger partial charge in [0.15, 0.2) is 0 Å². The highest BCUT2D eigenvalue weighted by atomic mass is 28.3. The maximum Gasteiger partial charge on any atom is 0.306 e. The quantitative estimate of drug-likeness (QED) is 0.389. The van der Waals surface area contributed by atoms with Crippen molar-refractivity contribution in [2.45, 2.75) is 51.9 Å². The summed E-state index contributed by atoms with van der Waals surface area (Å²) in [5, 5.41) is 0. The van der Waals surface area contributed by atoms with Gasteiger partial charge in [-0.1, -0.05) is 19.6 Å². The van der Waals surface area contributed by atoms with Crippen LogP contribution in [0.3, 0.4) is 0 Å². The van der Waals surface area contributed by atoms with Gasteiger partial charge >= 0.3 is 5.97 Å². The molecule has 1 aliphatic heterocycles. The molecule has 1 unspecified atom stereocenters. The average Bonchev–Trinajstić information content (AvgIpc) is 2.22. The van der Waals surface area contributed by atoms with E-state index >= 15 is 0 Å². The summed E-state index contributed by atoms with van der Waals surface area (Å²) < 4.78 is 5.25. The van der Waals surface area contributed by atoms with Gasteiger partial charge < -0.3 is 4.74 Å². The van der Waals surface area contributed by atoms with Gasteiger partial charge in [-0.15, -0.1) is 11.5 Å². The Kier molecular flexibility index (Phi) is 3.30. The van der Waals surface area contributed by atoms with E-state index in [4.69, 9.17) is 4.74 Å². The van der Waals surface area contributed by atoms with E-state index in [0.717, 1.165) is 6.42 Å². The van der Waals surface area contributed by atoms with Crippen LogP contribution >= 0.6 is 0 Å². The Morgan fingerprint density at radius 2 is 2.07 bits per heavy atom. The minimum atomic E-state index is -1.28. The lowest BCUT2D eigenvalue weighted by molar-refractivity contribution is -0.146. The normalized spacial score (nSPS) is 24.3. The second kappa shape index (κ2) is 4.01. The molecular weight excluding hydrogens is 204 g/mol. The summed E-state index contributed by atoms with van der Waals surface area (Å²) in [4.78, 5) is 11.2. The Morgan fingerprint density at radius 3 is 2.47 bits per heavy atom. The summed E-state index contributed by atoms with van der Waals surface area (Å²) in [5.41, 5.74) is 3.00. The zero-order valence-electron chi connectivity index (χ0n) is 10.3. The van der Waals surface area contributed by atoms with E-state index < -0.39 is 8.07 Å². The van der Waals surface area contributed by atoms with Crippen molar-refractivity contribution >= 4 is 14.0 Å². The molecule has 0 aromatic rings. The van der Waals surface area contributed by atoms with Crippen molar-refractivity contribution in [3.05, 3.63) is 0 Å². The molecule has 0 bridgehead atoms. The first-order chi connectivity index (χ1) is 6.71. The van der Waals surface area contributed by atoms with Crippen molar-refractivity contribution in [3.8, 4) is 11.5 Å². The monoisotopic (exact) mass is 224 g/mol. The third-order valence-corrected chi connectivity index (χ3v) is 3.51. The molecule has 1 aliphatic rings. The molecule has 0 aromatic heterocycles. The molecule has 0 aliphatic carbocycles. The SMILES string of the molecule is CC1(C)OC(=O)CC1CC#C[Si](C)(C)C. The van der Waals surface area contributed by atoms with Gasteiger partial charge in [0, 0.05) is 12.3 Å². The second-order valence-electron chi connectivity index (χ2n) is 5.73. The van der Waals surface area contributed by atoms with Gasteiger partial charge in [-0.2, -0.15) is 0 Å². The lowest BCUT2D eigenvalue weighted by Crippen LogP contribution is -2.27. The van der Waals surface area contributed by atoms with E-state index in [1.807, 2.05) is 13.8 Å². The molecule has 0 saturated carbocycles. The Hall–Kier alpha value is -0.753. The van der Waals surface area contributed by atoms with Gasteiger partial charge in [-0.25, -0.2) is 0 Å². The van der Waals surface area contributed by atoms with E-state index in [9.17, 15) is 4.79 Å². The maximum absolute atomic E-state index is 11.2. The maximum atomic E-state index is 11.2. The first-order valence-corrected chi connectivity index (χ1v) is 8.92. The number of hydrogen-bond donors (Lipinski definition) is 0. The van der Waals surface area contributed by atoms with Gasteiger partial charge in [0.2, 0.25) is 0 Å². The van der Waals surface area contributed by atoms with E-state index in [1.165, 1.54) is 0 Å². The van der Waals surface area contributed by atoms with E-state index in [1.54, 1.807) is 0 Å². The van der Waals surface area contributed by atoms with E-state index in [2.05, 4.69) is 31.1 Å². The summed E-state index contributed by atoms with van der Waals surface area (Å²) >= 11 is 0. The minimum Gasteiger partial charge on any atom is -0.459 e. The molecule has 1 fully saturated rings. The topological polar surface area (TPSA) is 26.3 Å². The van der Waals surface area contributed by atoms with Crippen molar-refractivity contribution in [2.24, 2.45) is 5.92 Å². The number of carbonyl (C=O) groups is 1. The van der Waals surface area contributed by atoms with Crippen molar-refractivity contribution in [2.75, 3.05) is 0 Å². The molecule has 0 N–H and O–H groups in total. The number of carbonyl (C=O) groups excluding carboxylic acids is 1. The van der Waals surface area contributed by atoms with Crippen LogP contribution in [0.4, 0.5) is 0 Å². The fourth-order valence-electron chi connectivity index (χ4n) is 1.62. The number of cyclic esters (lactones) is 1. The summed E-state index contributed by atoms with van der Waals surface area (Å²) in [6, 6.07) is 0. The number of ether oxygens (including phenoxy) is 1. The van der Waals surface area contributed by atoms with E-state index in [-0.39, 0.29) is 17.5 Å². The molecule has 1 rings (SSSR count). The fourth-order valence-corrected chi connectivity index (χ4v) is 2.26. The van der Waals surface area contributed by atoms with Crippen molar-refractivity contribution in [1.29, 1.82) is 0 Å². The van der Waals surface area contributed by atoms with Gasteiger partial charge in [0.05, 0.1) is 6.42 Å². The summed E-state index contributed by atoms with van der Waals surface area (Å²) in [6.07, 6.45) is 1.30. The lowest BCUT2D eigenvalue weighted by atomic mass is 9.88. The Labute approximate surface area is 93.4 Å². The second-order valence-corrected chi connectivity index (χ2v) is 10.5. The third-order valence-electron chi connectivity index (χ3n) is 2.58. The number of rotatable bonds is 1. The highest BCUT2D eigenvalue weighted by molar-refractivity contribution is 6.83. The summed E-state index contributed by atoms with van der Waals surface area (Å²) in [5.74, 6) is 3.40. The smallest absolute Gasteiger partial charge is 0.306 e. The van der Waals surface area contributed by atoms with Crippen LogP contribution in [0.15, 0.2) is 0 Å². The predicted octanol–water partition coefficient (Wildman–Crippen LogP) is 2.60. The zero-order valence-corrected chi connectivity index (χ0v) is 11.3. The van der Waals surface area contributed by atoms with Crippen molar-refractivity contribution in [1.82, 2.24) is 0 Å². The Bertz CT molecular complexity index is 315. The Balaban J connectivity index is 2.59. The molecule has 1 saturated heterocycles. The molecule has 3 heteroatoms. The molecule has 0 aromatic carbocycles. The fraction of sp³-hybridized carbons (Fsp3) is 0.750. The molecule has 15 heavy (non-hydrogen) atoms. The van der Waals surface area contributed by atoms with Crippen LogP contribution in [-0.4, -0.2) is 19.6 Å². The molecule has 1 heterocycles. The summed E-state index contributed by atoms with van der Waals surface area (Å²) in [7, 11) is -1.28. The third kappa shape index (κ3) is 3.71. The van der Waals surface area contributed by atoms with Gasteiger partial charge in [-0.05, 0) is 13.8 Å². The minimum absolute atomic E-state index is 0.0835. The van der Waals surface area contributed by atoms with Gasteiger partial charge in [-0.3, -0.25) is 4.79 Å². The molecular formula is C12H20O2Si. The van der Waals surface area contributed by atoms with Crippen LogP contribution < -0.4 is 0 Å². The molecule has 0 radical (unpaired) electrons. The van der Waals surface area contributed by atoms with Crippen LogP contribution in [-0.2, 0) is 9.53 Å². The van der Waals surface area contributed by atoms with Gasteiger partial charge in [0.1, 0.15) is 13.7 Å². The van der Waals surface area contributed by atoms with E-state index in [0.29, 0.717) is 6.42 Å². The molecule has 0 spiro atoms. The van der Waals surface area contributed by atoms with Crippen molar-refractivity contribution < 1.29 is 9.53 Å². The largest absolute Gasteiger partial charge is 0.459 e. The average molecular weight is 224 g/mol. The van der Waals surface area contributed by atoms with Gasteiger partial charge in [0.25, 0.3) is 0 Å². The van der Waals surface area contributed by atoms with Crippen LogP contribution in [0.5, 0.6) is 0 Å². The first-order valence-electron chi connectivity index (χ1n) is 5.42. The lowest BCUT2D eigenvalue weighted by Gasteiger charge is -2.22.